The Morgan fingerprint density at radius 1 is 1.11 bits per heavy atom. The first-order valence-corrected chi connectivity index (χ1v) is 10.9. The number of carbonyl (C=O) groups excluding carboxylic acids is 1. The molecule has 6 nitrogen and oxygen atoms in total. The lowest BCUT2D eigenvalue weighted by Gasteiger charge is -2.11. The number of benzene rings is 2. The highest BCUT2D eigenvalue weighted by Gasteiger charge is 2.16. The fourth-order valence-corrected chi connectivity index (χ4v) is 3.82. The standard InChI is InChI=1S/C19H22Cl2N2O4S/c1-3-4-9-22-28(25,26)15-7-8-18(17(21)11-15)27-12-19(24)23-14-6-5-13(2)16(20)10-14/h5-8,10-11,22H,3-4,9,12H2,1-2H3,(H,23,24). The van der Waals surface area contributed by atoms with Crippen molar-refractivity contribution in [2.24, 2.45) is 0 Å². The number of hydrogen-bond donors (Lipinski definition) is 2. The lowest BCUT2D eigenvalue weighted by atomic mass is 10.2. The summed E-state index contributed by atoms with van der Waals surface area (Å²) in [6.45, 7) is 3.91. The summed E-state index contributed by atoms with van der Waals surface area (Å²) in [5.41, 5.74) is 1.46. The van der Waals surface area contributed by atoms with Crippen LogP contribution in [0.3, 0.4) is 0 Å². The highest BCUT2D eigenvalue weighted by molar-refractivity contribution is 7.89. The Morgan fingerprint density at radius 2 is 1.86 bits per heavy atom. The van der Waals surface area contributed by atoms with Crippen LogP contribution in [-0.2, 0) is 14.8 Å². The molecule has 0 aromatic heterocycles. The zero-order valence-electron chi connectivity index (χ0n) is 15.6. The largest absolute Gasteiger partial charge is 0.482 e. The van der Waals surface area contributed by atoms with Crippen molar-refractivity contribution in [1.29, 1.82) is 0 Å². The lowest BCUT2D eigenvalue weighted by Crippen LogP contribution is -2.24. The van der Waals surface area contributed by atoms with Crippen LogP contribution >= 0.6 is 23.2 Å². The lowest BCUT2D eigenvalue weighted by molar-refractivity contribution is -0.118. The van der Waals surface area contributed by atoms with Crippen LogP contribution in [0, 0.1) is 6.92 Å². The number of unbranched alkanes of at least 4 members (excludes halogenated alkanes) is 1. The Balaban J connectivity index is 1.97. The molecule has 2 aromatic carbocycles. The van der Waals surface area contributed by atoms with Gasteiger partial charge in [0, 0.05) is 17.3 Å². The SMILES string of the molecule is CCCCNS(=O)(=O)c1ccc(OCC(=O)Nc2ccc(C)c(Cl)c2)c(Cl)c1. The van der Waals surface area contributed by atoms with E-state index in [9.17, 15) is 13.2 Å². The fraction of sp³-hybridized carbons (Fsp3) is 0.316. The molecule has 0 aliphatic rings. The third-order valence-electron chi connectivity index (χ3n) is 3.85. The van der Waals surface area contributed by atoms with E-state index in [4.69, 9.17) is 27.9 Å². The molecule has 0 bridgehead atoms. The molecular formula is C19H22Cl2N2O4S. The van der Waals surface area contributed by atoms with Gasteiger partial charge in [0.2, 0.25) is 10.0 Å². The first kappa shape index (κ1) is 22.5. The normalized spacial score (nSPS) is 11.3. The highest BCUT2D eigenvalue weighted by atomic mass is 35.5. The van der Waals surface area contributed by atoms with E-state index in [-0.39, 0.29) is 22.3 Å². The Bertz CT molecular complexity index is 949. The van der Waals surface area contributed by atoms with Crippen molar-refractivity contribution in [1.82, 2.24) is 4.72 Å². The molecule has 0 radical (unpaired) electrons. The van der Waals surface area contributed by atoms with Crippen LogP contribution < -0.4 is 14.8 Å². The zero-order valence-corrected chi connectivity index (χ0v) is 17.9. The van der Waals surface area contributed by atoms with Gasteiger partial charge in [0.1, 0.15) is 5.75 Å². The van der Waals surface area contributed by atoms with E-state index in [1.807, 2.05) is 13.8 Å². The van der Waals surface area contributed by atoms with Gasteiger partial charge in [0.05, 0.1) is 9.92 Å². The number of halogens is 2. The van der Waals surface area contributed by atoms with E-state index in [0.29, 0.717) is 17.3 Å². The first-order chi connectivity index (χ1) is 13.2. The third kappa shape index (κ3) is 6.38. The van der Waals surface area contributed by atoms with Gasteiger partial charge in [-0.3, -0.25) is 4.79 Å². The second-order valence-corrected chi connectivity index (χ2v) is 8.73. The van der Waals surface area contributed by atoms with Gasteiger partial charge in [-0.05, 0) is 49.2 Å². The molecular weight excluding hydrogens is 423 g/mol. The van der Waals surface area contributed by atoms with Crippen molar-refractivity contribution >= 4 is 44.8 Å². The van der Waals surface area contributed by atoms with Gasteiger partial charge in [0.15, 0.2) is 6.61 Å². The Labute approximate surface area is 175 Å². The highest BCUT2D eigenvalue weighted by Crippen LogP contribution is 2.27. The molecule has 152 valence electrons. The maximum atomic E-state index is 12.2. The molecule has 0 aliphatic heterocycles. The van der Waals surface area contributed by atoms with Crippen LogP contribution in [0.2, 0.25) is 10.0 Å². The maximum Gasteiger partial charge on any atom is 0.262 e. The summed E-state index contributed by atoms with van der Waals surface area (Å²) in [6.07, 6.45) is 1.63. The number of rotatable bonds is 9. The molecule has 9 heteroatoms. The van der Waals surface area contributed by atoms with E-state index in [2.05, 4.69) is 10.0 Å². The summed E-state index contributed by atoms with van der Waals surface area (Å²) in [7, 11) is -3.63. The van der Waals surface area contributed by atoms with Crippen molar-refractivity contribution < 1.29 is 17.9 Å². The quantitative estimate of drug-likeness (QED) is 0.561. The van der Waals surface area contributed by atoms with E-state index < -0.39 is 15.9 Å². The molecule has 1 amide bonds. The Kier molecular flexibility index (Phi) is 8.12. The van der Waals surface area contributed by atoms with Gasteiger partial charge in [-0.25, -0.2) is 13.1 Å². The summed E-state index contributed by atoms with van der Waals surface area (Å²) < 4.78 is 32.3. The maximum absolute atomic E-state index is 12.2. The van der Waals surface area contributed by atoms with Gasteiger partial charge < -0.3 is 10.1 Å². The Hall–Kier alpha value is -1.80. The third-order valence-corrected chi connectivity index (χ3v) is 6.01. The monoisotopic (exact) mass is 444 g/mol. The fourth-order valence-electron chi connectivity index (χ4n) is 2.24. The molecule has 2 aromatic rings. The average Bonchev–Trinajstić information content (AvgIpc) is 2.64. The van der Waals surface area contributed by atoms with Crippen molar-refractivity contribution in [2.45, 2.75) is 31.6 Å². The van der Waals surface area contributed by atoms with Gasteiger partial charge in [-0.15, -0.1) is 0 Å². The minimum atomic E-state index is -3.63. The van der Waals surface area contributed by atoms with Gasteiger partial charge in [0.25, 0.3) is 5.91 Å². The van der Waals surface area contributed by atoms with Crippen molar-refractivity contribution in [3.63, 3.8) is 0 Å². The first-order valence-electron chi connectivity index (χ1n) is 8.71. The number of hydrogen-bond acceptors (Lipinski definition) is 4. The molecule has 0 unspecified atom stereocenters. The number of ether oxygens (including phenoxy) is 1. The number of amides is 1. The van der Waals surface area contributed by atoms with Crippen LogP contribution in [-0.4, -0.2) is 27.5 Å². The summed E-state index contributed by atoms with van der Waals surface area (Å²) >= 11 is 12.1. The van der Waals surface area contributed by atoms with Crippen LogP contribution in [0.25, 0.3) is 0 Å². The number of sulfonamides is 1. The summed E-state index contributed by atoms with van der Waals surface area (Å²) in [4.78, 5) is 12.1. The summed E-state index contributed by atoms with van der Waals surface area (Å²) in [5, 5.41) is 3.32. The summed E-state index contributed by atoms with van der Waals surface area (Å²) in [5.74, 6) is -0.180. The minimum absolute atomic E-state index is 0.0414. The number of anilines is 1. The molecule has 0 saturated heterocycles. The van der Waals surface area contributed by atoms with E-state index >= 15 is 0 Å². The Morgan fingerprint density at radius 3 is 2.50 bits per heavy atom. The van der Waals surface area contributed by atoms with Crippen molar-refractivity contribution in [2.75, 3.05) is 18.5 Å². The predicted octanol–water partition coefficient (Wildman–Crippen LogP) is 4.40. The summed E-state index contributed by atoms with van der Waals surface area (Å²) in [6, 6.07) is 9.27. The zero-order chi connectivity index (χ0) is 20.7. The molecule has 2 N–H and O–H groups in total. The smallest absolute Gasteiger partial charge is 0.262 e. The van der Waals surface area contributed by atoms with Crippen LogP contribution in [0.15, 0.2) is 41.3 Å². The van der Waals surface area contributed by atoms with Gasteiger partial charge >= 0.3 is 0 Å². The van der Waals surface area contributed by atoms with E-state index in [1.54, 1.807) is 18.2 Å². The molecule has 0 heterocycles. The van der Waals surface area contributed by atoms with Crippen LogP contribution in [0.4, 0.5) is 5.69 Å². The van der Waals surface area contributed by atoms with Gasteiger partial charge in [-0.2, -0.15) is 0 Å². The van der Waals surface area contributed by atoms with E-state index in [0.717, 1.165) is 18.4 Å². The van der Waals surface area contributed by atoms with E-state index in [1.165, 1.54) is 18.2 Å². The number of nitrogens with one attached hydrogen (secondary N) is 2. The average molecular weight is 445 g/mol. The second-order valence-electron chi connectivity index (χ2n) is 6.14. The predicted molar refractivity (Wildman–Crippen MR) is 112 cm³/mol. The molecule has 0 atom stereocenters. The number of carbonyl (C=O) groups is 1. The minimum Gasteiger partial charge on any atom is -0.482 e. The van der Waals surface area contributed by atoms with Crippen LogP contribution in [0.1, 0.15) is 25.3 Å². The topological polar surface area (TPSA) is 84.5 Å². The molecule has 0 saturated carbocycles. The van der Waals surface area contributed by atoms with Crippen LogP contribution in [0.5, 0.6) is 5.75 Å². The number of aryl methyl sites for hydroxylation is 1. The molecule has 28 heavy (non-hydrogen) atoms. The van der Waals surface area contributed by atoms with Gasteiger partial charge in [-0.1, -0.05) is 42.6 Å². The van der Waals surface area contributed by atoms with Crippen molar-refractivity contribution in [3.8, 4) is 5.75 Å². The molecule has 0 spiro atoms. The molecule has 2 rings (SSSR count). The molecule has 0 aliphatic carbocycles. The molecule has 0 fully saturated rings. The van der Waals surface area contributed by atoms with Crippen molar-refractivity contribution in [3.05, 3.63) is 52.0 Å². The second kappa shape index (κ2) is 10.1.